The number of anilines is 1. The van der Waals surface area contributed by atoms with Crippen LogP contribution in [0.2, 0.25) is 0 Å². The van der Waals surface area contributed by atoms with Crippen molar-refractivity contribution < 1.29 is 13.3 Å². The average molecular weight is 329 g/mol. The van der Waals surface area contributed by atoms with E-state index in [2.05, 4.69) is 12.2 Å². The van der Waals surface area contributed by atoms with Crippen molar-refractivity contribution in [1.82, 2.24) is 0 Å². The Bertz CT molecular complexity index is 602. The van der Waals surface area contributed by atoms with Crippen LogP contribution in [0.15, 0.2) is 23.1 Å². The van der Waals surface area contributed by atoms with Gasteiger partial charge in [0.2, 0.25) is 10.0 Å². The third-order valence-corrected chi connectivity index (χ3v) is 4.28. The molecule has 0 aliphatic rings. The lowest BCUT2D eigenvalue weighted by molar-refractivity contribution is -0.385. The Labute approximate surface area is 131 Å². The highest BCUT2D eigenvalue weighted by Crippen LogP contribution is 2.25. The zero-order valence-corrected chi connectivity index (χ0v) is 13.6. The molecule has 0 saturated heterocycles. The second kappa shape index (κ2) is 8.70. The van der Waals surface area contributed by atoms with Crippen LogP contribution in [0.1, 0.15) is 45.4 Å². The number of rotatable bonds is 10. The summed E-state index contributed by atoms with van der Waals surface area (Å²) in [6.07, 6.45) is 6.74. The van der Waals surface area contributed by atoms with Gasteiger partial charge in [-0.3, -0.25) is 10.1 Å². The van der Waals surface area contributed by atoms with Gasteiger partial charge in [-0.1, -0.05) is 39.0 Å². The molecule has 0 atom stereocenters. The number of benzene rings is 1. The second-order valence-corrected chi connectivity index (χ2v) is 6.71. The molecule has 0 amide bonds. The van der Waals surface area contributed by atoms with Crippen LogP contribution in [0.4, 0.5) is 11.4 Å². The number of nitrogens with two attached hydrogens (primary N) is 1. The molecule has 0 unspecified atom stereocenters. The van der Waals surface area contributed by atoms with E-state index in [4.69, 9.17) is 5.14 Å². The molecule has 0 aliphatic carbocycles. The van der Waals surface area contributed by atoms with Crippen LogP contribution in [-0.4, -0.2) is 19.9 Å². The molecule has 0 aromatic heterocycles. The van der Waals surface area contributed by atoms with Crippen molar-refractivity contribution in [2.45, 2.75) is 50.3 Å². The van der Waals surface area contributed by atoms with Gasteiger partial charge in [0.05, 0.1) is 10.6 Å². The van der Waals surface area contributed by atoms with Gasteiger partial charge in [0.15, 0.2) is 0 Å². The number of nitro groups is 1. The zero-order valence-electron chi connectivity index (χ0n) is 12.7. The number of nitro benzene ring substituents is 1. The molecule has 0 spiro atoms. The monoisotopic (exact) mass is 329 g/mol. The number of primary sulfonamides is 1. The molecule has 124 valence electrons. The van der Waals surface area contributed by atoms with E-state index in [1.54, 1.807) is 0 Å². The molecule has 0 radical (unpaired) electrons. The summed E-state index contributed by atoms with van der Waals surface area (Å²) in [7, 11) is -4.01. The van der Waals surface area contributed by atoms with Crippen LogP contribution in [0, 0.1) is 10.1 Å². The molecule has 0 aliphatic heterocycles. The van der Waals surface area contributed by atoms with Crippen LogP contribution in [-0.2, 0) is 10.0 Å². The standard InChI is InChI=1S/C14H23N3O4S/c1-2-3-4-5-6-7-10-16-13-9-8-12(17(18)19)11-14(13)22(15,20)21/h8-9,11,16H,2-7,10H2,1H3,(H2,15,20,21). The fraction of sp³-hybridized carbons (Fsp3) is 0.571. The number of unbranched alkanes of at least 4 members (excludes halogenated alkanes) is 5. The highest BCUT2D eigenvalue weighted by molar-refractivity contribution is 7.89. The number of nitrogens with one attached hydrogen (secondary N) is 1. The third-order valence-electron chi connectivity index (χ3n) is 3.33. The molecule has 22 heavy (non-hydrogen) atoms. The van der Waals surface area contributed by atoms with E-state index in [0.717, 1.165) is 25.3 Å². The van der Waals surface area contributed by atoms with Crippen molar-refractivity contribution in [2.75, 3.05) is 11.9 Å². The summed E-state index contributed by atoms with van der Waals surface area (Å²) in [4.78, 5) is 9.84. The van der Waals surface area contributed by atoms with Crippen LogP contribution in [0.25, 0.3) is 0 Å². The summed E-state index contributed by atoms with van der Waals surface area (Å²) in [6.45, 7) is 2.76. The average Bonchev–Trinajstić information content (AvgIpc) is 2.45. The minimum absolute atomic E-state index is 0.243. The number of sulfonamides is 1. The van der Waals surface area contributed by atoms with Crippen molar-refractivity contribution in [2.24, 2.45) is 5.14 Å². The molecule has 0 bridgehead atoms. The van der Waals surface area contributed by atoms with Crippen LogP contribution in [0.3, 0.4) is 0 Å². The summed E-state index contributed by atoms with van der Waals surface area (Å²) >= 11 is 0. The smallest absolute Gasteiger partial charge is 0.270 e. The van der Waals surface area contributed by atoms with Gasteiger partial charge in [0.25, 0.3) is 5.69 Å². The zero-order chi connectivity index (χ0) is 16.6. The molecule has 3 N–H and O–H groups in total. The Kier molecular flexibility index (Phi) is 7.26. The molecule has 0 fully saturated rings. The predicted octanol–water partition coefficient (Wildman–Crippen LogP) is 3.01. The number of non-ortho nitro benzene ring substituents is 1. The molecule has 1 aromatic rings. The Morgan fingerprint density at radius 1 is 1.18 bits per heavy atom. The lowest BCUT2D eigenvalue weighted by Gasteiger charge is -2.10. The maximum atomic E-state index is 11.6. The molecular formula is C14H23N3O4S. The van der Waals surface area contributed by atoms with Crippen molar-refractivity contribution >= 4 is 21.4 Å². The van der Waals surface area contributed by atoms with Gasteiger partial charge < -0.3 is 5.32 Å². The molecule has 1 rings (SSSR count). The fourth-order valence-electron chi connectivity index (χ4n) is 2.13. The Balaban J connectivity index is 2.64. The van der Waals surface area contributed by atoms with E-state index in [1.165, 1.54) is 31.4 Å². The highest BCUT2D eigenvalue weighted by atomic mass is 32.2. The van der Waals surface area contributed by atoms with E-state index in [1.807, 2.05) is 0 Å². The van der Waals surface area contributed by atoms with Gasteiger partial charge in [0.1, 0.15) is 4.90 Å². The Morgan fingerprint density at radius 3 is 2.41 bits per heavy atom. The summed E-state index contributed by atoms with van der Waals surface area (Å²) in [5, 5.41) is 18.8. The van der Waals surface area contributed by atoms with E-state index in [0.29, 0.717) is 12.2 Å². The first-order chi connectivity index (χ1) is 10.4. The lowest BCUT2D eigenvalue weighted by Crippen LogP contribution is -2.16. The van der Waals surface area contributed by atoms with Crippen LogP contribution in [0.5, 0.6) is 0 Å². The molecule has 0 heterocycles. The van der Waals surface area contributed by atoms with E-state index in [9.17, 15) is 18.5 Å². The van der Waals surface area contributed by atoms with Gasteiger partial charge in [-0.15, -0.1) is 0 Å². The number of hydrogen-bond donors (Lipinski definition) is 2. The molecule has 0 saturated carbocycles. The summed E-state index contributed by atoms with van der Waals surface area (Å²) < 4.78 is 23.1. The molecular weight excluding hydrogens is 306 g/mol. The second-order valence-electron chi connectivity index (χ2n) is 5.18. The maximum Gasteiger partial charge on any atom is 0.270 e. The summed E-state index contributed by atoms with van der Waals surface area (Å²) in [5.41, 5.74) is 0.01000. The van der Waals surface area contributed by atoms with Crippen LogP contribution >= 0.6 is 0 Å². The van der Waals surface area contributed by atoms with Gasteiger partial charge >= 0.3 is 0 Å². The minimum Gasteiger partial charge on any atom is -0.384 e. The maximum absolute atomic E-state index is 11.6. The number of nitrogens with zero attached hydrogens (tertiary/aromatic N) is 1. The first-order valence-electron chi connectivity index (χ1n) is 7.41. The van der Waals surface area contributed by atoms with Crippen LogP contribution < -0.4 is 10.5 Å². The Hall–Kier alpha value is -1.67. The van der Waals surface area contributed by atoms with Crippen molar-refractivity contribution in [1.29, 1.82) is 0 Å². The largest absolute Gasteiger partial charge is 0.384 e. The minimum atomic E-state index is -4.01. The first-order valence-corrected chi connectivity index (χ1v) is 8.96. The quantitative estimate of drug-likeness (QED) is 0.389. The third kappa shape index (κ3) is 5.98. The highest BCUT2D eigenvalue weighted by Gasteiger charge is 2.18. The summed E-state index contributed by atoms with van der Waals surface area (Å²) in [6, 6.07) is 3.63. The number of hydrogen-bond acceptors (Lipinski definition) is 5. The van der Waals surface area contributed by atoms with Crippen molar-refractivity contribution in [3.05, 3.63) is 28.3 Å². The van der Waals surface area contributed by atoms with Gasteiger partial charge in [0, 0.05) is 18.7 Å². The van der Waals surface area contributed by atoms with Gasteiger partial charge in [-0.2, -0.15) is 0 Å². The predicted molar refractivity (Wildman–Crippen MR) is 86.3 cm³/mol. The van der Waals surface area contributed by atoms with Crippen molar-refractivity contribution in [3.8, 4) is 0 Å². The summed E-state index contributed by atoms with van der Waals surface area (Å²) in [5.74, 6) is 0. The van der Waals surface area contributed by atoms with E-state index >= 15 is 0 Å². The molecule has 1 aromatic carbocycles. The topological polar surface area (TPSA) is 115 Å². The first kappa shape index (κ1) is 18.4. The Morgan fingerprint density at radius 2 is 1.82 bits per heavy atom. The van der Waals surface area contributed by atoms with Gasteiger partial charge in [-0.25, -0.2) is 13.6 Å². The van der Waals surface area contributed by atoms with E-state index in [-0.39, 0.29) is 10.6 Å². The SMILES string of the molecule is CCCCCCCCNc1ccc([N+](=O)[O-])cc1S(N)(=O)=O. The normalized spacial score (nSPS) is 11.4. The van der Waals surface area contributed by atoms with Gasteiger partial charge in [-0.05, 0) is 12.5 Å². The van der Waals surface area contributed by atoms with Crippen molar-refractivity contribution in [3.63, 3.8) is 0 Å². The molecule has 7 nitrogen and oxygen atoms in total. The molecule has 8 heteroatoms. The lowest BCUT2D eigenvalue weighted by atomic mass is 10.1. The fourth-order valence-corrected chi connectivity index (χ4v) is 2.87. The van der Waals surface area contributed by atoms with E-state index < -0.39 is 14.9 Å².